The van der Waals surface area contributed by atoms with Gasteiger partial charge in [-0.1, -0.05) is 48.5 Å². The minimum Gasteiger partial charge on any atom is -0.368 e. The summed E-state index contributed by atoms with van der Waals surface area (Å²) >= 11 is 0. The molecule has 29 heavy (non-hydrogen) atoms. The van der Waals surface area contributed by atoms with Gasteiger partial charge in [-0.05, 0) is 24.6 Å². The van der Waals surface area contributed by atoms with E-state index in [1.165, 1.54) is 5.69 Å². The Bertz CT molecular complexity index is 765. The van der Waals surface area contributed by atoms with Crippen LogP contribution in [0.25, 0.3) is 0 Å². The molecule has 158 valence electrons. The average Bonchev–Trinajstić information content (AvgIpc) is 2.75. The maximum Gasteiger partial charge on any atom is 0.194 e. The monoisotopic (exact) mass is 526 g/mol. The van der Waals surface area contributed by atoms with E-state index < -0.39 is 10.8 Å². The van der Waals surface area contributed by atoms with Crippen LogP contribution in [-0.2, 0) is 16.6 Å². The Morgan fingerprint density at radius 2 is 1.62 bits per heavy atom. The first-order valence-electron chi connectivity index (χ1n) is 9.98. The van der Waals surface area contributed by atoms with Crippen LogP contribution in [0.2, 0.25) is 0 Å². The summed E-state index contributed by atoms with van der Waals surface area (Å²) in [6, 6.07) is 20.6. The molecule has 1 unspecified atom stereocenters. The van der Waals surface area contributed by atoms with Gasteiger partial charge in [-0.25, -0.2) is 0 Å². The zero-order chi connectivity index (χ0) is 19.6. The molecule has 0 amide bonds. The van der Waals surface area contributed by atoms with Gasteiger partial charge in [0.2, 0.25) is 0 Å². The number of aliphatic imine (C=N–C) groups is 1. The van der Waals surface area contributed by atoms with Gasteiger partial charge in [0, 0.05) is 60.7 Å². The van der Waals surface area contributed by atoms with Crippen molar-refractivity contribution in [3.8, 4) is 0 Å². The number of para-hydroxylation sites is 1. The van der Waals surface area contributed by atoms with E-state index in [4.69, 9.17) is 4.99 Å². The molecule has 1 N–H and O–H groups in total. The highest BCUT2D eigenvalue weighted by Crippen LogP contribution is 2.15. The lowest BCUT2D eigenvalue weighted by Crippen LogP contribution is -2.52. The molecule has 1 saturated heterocycles. The number of nitrogens with zero attached hydrogens (tertiary/aromatic N) is 3. The summed E-state index contributed by atoms with van der Waals surface area (Å²) in [5.74, 6) is 2.13. The maximum atomic E-state index is 12.3. The molecule has 0 spiro atoms. The van der Waals surface area contributed by atoms with E-state index in [0.29, 0.717) is 18.1 Å². The molecule has 1 aliphatic rings. The van der Waals surface area contributed by atoms with Gasteiger partial charge in [0.25, 0.3) is 0 Å². The number of rotatable bonds is 7. The number of halogens is 1. The molecule has 1 atom stereocenters. The smallest absolute Gasteiger partial charge is 0.194 e. The lowest BCUT2D eigenvalue weighted by atomic mass is 10.2. The Kier molecular flexibility index (Phi) is 10.5. The summed E-state index contributed by atoms with van der Waals surface area (Å²) in [4.78, 5) is 9.46. The van der Waals surface area contributed by atoms with Crippen LogP contribution in [0.5, 0.6) is 0 Å². The van der Waals surface area contributed by atoms with Crippen LogP contribution >= 0.6 is 24.0 Å². The van der Waals surface area contributed by atoms with Gasteiger partial charge in [-0.15, -0.1) is 24.0 Å². The van der Waals surface area contributed by atoms with Crippen molar-refractivity contribution in [3.05, 3.63) is 66.2 Å². The van der Waals surface area contributed by atoms with Crippen molar-refractivity contribution in [1.29, 1.82) is 0 Å². The van der Waals surface area contributed by atoms with Crippen molar-refractivity contribution >= 4 is 46.4 Å². The fourth-order valence-corrected chi connectivity index (χ4v) is 4.33. The number of piperazine rings is 1. The highest BCUT2D eigenvalue weighted by molar-refractivity contribution is 14.0. The fraction of sp³-hybridized carbons (Fsp3) is 0.409. The Morgan fingerprint density at radius 3 is 2.24 bits per heavy atom. The summed E-state index contributed by atoms with van der Waals surface area (Å²) < 4.78 is 12.3. The zero-order valence-electron chi connectivity index (χ0n) is 17.0. The van der Waals surface area contributed by atoms with E-state index in [2.05, 4.69) is 52.4 Å². The van der Waals surface area contributed by atoms with Crippen LogP contribution in [0.3, 0.4) is 0 Å². The summed E-state index contributed by atoms with van der Waals surface area (Å²) in [6.45, 7) is 7.35. The lowest BCUT2D eigenvalue weighted by Gasteiger charge is -2.37. The standard InChI is InChI=1S/C22H30N4OS.HI/c1-2-23-22(24-13-18-28(27)19-20-9-5-3-6-10-20)26-16-14-25(15-17-26)21-11-7-4-8-12-21;/h3-12H,2,13-19H2,1H3,(H,23,24);1H. The molecule has 1 aliphatic heterocycles. The Hall–Kier alpha value is -1.61. The van der Waals surface area contributed by atoms with E-state index in [1.807, 2.05) is 30.3 Å². The molecule has 3 rings (SSSR count). The van der Waals surface area contributed by atoms with Gasteiger partial charge >= 0.3 is 0 Å². The minimum atomic E-state index is -0.889. The van der Waals surface area contributed by atoms with E-state index in [1.54, 1.807) is 0 Å². The first-order valence-corrected chi connectivity index (χ1v) is 11.5. The van der Waals surface area contributed by atoms with Crippen molar-refractivity contribution in [2.75, 3.05) is 49.9 Å². The fourth-order valence-electron chi connectivity index (χ4n) is 3.33. The topological polar surface area (TPSA) is 47.9 Å². The largest absolute Gasteiger partial charge is 0.368 e. The second kappa shape index (κ2) is 12.8. The van der Waals surface area contributed by atoms with Crippen LogP contribution in [0, 0.1) is 0 Å². The summed E-state index contributed by atoms with van der Waals surface area (Å²) in [5, 5.41) is 3.39. The summed E-state index contributed by atoms with van der Waals surface area (Å²) in [5.41, 5.74) is 2.40. The molecule has 5 nitrogen and oxygen atoms in total. The van der Waals surface area contributed by atoms with Crippen LogP contribution in [0.15, 0.2) is 65.7 Å². The van der Waals surface area contributed by atoms with Crippen LogP contribution < -0.4 is 10.2 Å². The second-order valence-electron chi connectivity index (χ2n) is 6.82. The van der Waals surface area contributed by atoms with Gasteiger partial charge < -0.3 is 15.1 Å². The highest BCUT2D eigenvalue weighted by atomic mass is 127. The third-order valence-electron chi connectivity index (χ3n) is 4.79. The number of hydrogen-bond donors (Lipinski definition) is 1. The van der Waals surface area contributed by atoms with E-state index in [-0.39, 0.29) is 24.0 Å². The number of anilines is 1. The van der Waals surface area contributed by atoms with Crippen LogP contribution in [0.4, 0.5) is 5.69 Å². The first-order chi connectivity index (χ1) is 13.8. The van der Waals surface area contributed by atoms with Gasteiger partial charge in [0.15, 0.2) is 5.96 Å². The number of hydrogen-bond acceptors (Lipinski definition) is 3. The quantitative estimate of drug-likeness (QED) is 0.342. The normalized spacial score (nSPS) is 15.6. The Labute approximate surface area is 194 Å². The van der Waals surface area contributed by atoms with Crippen molar-refractivity contribution in [1.82, 2.24) is 10.2 Å². The molecule has 1 fully saturated rings. The Morgan fingerprint density at radius 1 is 1.00 bits per heavy atom. The molecule has 0 saturated carbocycles. The average molecular weight is 526 g/mol. The second-order valence-corrected chi connectivity index (χ2v) is 8.40. The highest BCUT2D eigenvalue weighted by Gasteiger charge is 2.19. The SMILES string of the molecule is CCNC(=NCCS(=O)Cc1ccccc1)N1CCN(c2ccccc2)CC1.I. The molecular formula is C22H31IN4OS. The van der Waals surface area contributed by atoms with Crippen molar-refractivity contribution in [2.45, 2.75) is 12.7 Å². The molecule has 0 radical (unpaired) electrons. The minimum absolute atomic E-state index is 0. The van der Waals surface area contributed by atoms with Gasteiger partial charge in [0.1, 0.15) is 0 Å². The molecule has 0 aliphatic carbocycles. The van der Waals surface area contributed by atoms with Gasteiger partial charge in [-0.2, -0.15) is 0 Å². The van der Waals surface area contributed by atoms with E-state index in [9.17, 15) is 4.21 Å². The van der Waals surface area contributed by atoms with Crippen molar-refractivity contribution < 1.29 is 4.21 Å². The third kappa shape index (κ3) is 7.62. The van der Waals surface area contributed by atoms with Crippen molar-refractivity contribution in [3.63, 3.8) is 0 Å². The van der Waals surface area contributed by atoms with Crippen molar-refractivity contribution in [2.24, 2.45) is 4.99 Å². The summed E-state index contributed by atoms with van der Waals surface area (Å²) in [6.07, 6.45) is 0. The molecule has 1 heterocycles. The predicted molar refractivity (Wildman–Crippen MR) is 135 cm³/mol. The summed E-state index contributed by atoms with van der Waals surface area (Å²) in [7, 11) is -0.889. The molecular weight excluding hydrogens is 495 g/mol. The molecule has 0 bridgehead atoms. The van der Waals surface area contributed by atoms with Gasteiger partial charge in [-0.3, -0.25) is 9.20 Å². The van der Waals surface area contributed by atoms with Gasteiger partial charge in [0.05, 0.1) is 6.54 Å². The number of guanidine groups is 1. The first kappa shape index (κ1) is 23.7. The molecule has 2 aromatic carbocycles. The number of nitrogens with one attached hydrogen (secondary N) is 1. The van der Waals surface area contributed by atoms with Crippen LogP contribution in [0.1, 0.15) is 12.5 Å². The van der Waals surface area contributed by atoms with E-state index in [0.717, 1.165) is 44.2 Å². The lowest BCUT2D eigenvalue weighted by molar-refractivity contribution is 0.373. The molecule has 2 aromatic rings. The maximum absolute atomic E-state index is 12.3. The van der Waals surface area contributed by atoms with E-state index >= 15 is 0 Å². The third-order valence-corrected chi connectivity index (χ3v) is 6.08. The Balaban J connectivity index is 0.00000300. The molecule has 7 heteroatoms. The predicted octanol–water partition coefficient (Wildman–Crippen LogP) is 3.34. The van der Waals surface area contributed by atoms with Crippen LogP contribution in [-0.4, -0.2) is 60.1 Å². The molecule has 0 aromatic heterocycles. The zero-order valence-corrected chi connectivity index (χ0v) is 20.1. The number of benzene rings is 2.